The van der Waals surface area contributed by atoms with Gasteiger partial charge in [0.2, 0.25) is 0 Å². The summed E-state index contributed by atoms with van der Waals surface area (Å²) in [7, 11) is 0. The highest BCUT2D eigenvalue weighted by atomic mass is 16.6. The Hall–Kier alpha value is -0.240. The number of aliphatic hydroxyl groups excluding tert-OH is 3. The van der Waals surface area contributed by atoms with E-state index < -0.39 is 30.6 Å². The minimum atomic E-state index is -1.27. The molecule has 1 aliphatic heterocycles. The maximum absolute atomic E-state index is 9.28. The van der Waals surface area contributed by atoms with E-state index in [0.717, 1.165) is 0 Å². The highest BCUT2D eigenvalue weighted by molar-refractivity contribution is 4.91. The van der Waals surface area contributed by atoms with E-state index in [4.69, 9.17) is 21.3 Å². The van der Waals surface area contributed by atoms with Gasteiger partial charge in [0.25, 0.3) is 0 Å². The van der Waals surface area contributed by atoms with Crippen molar-refractivity contribution < 1.29 is 20.1 Å². The van der Waals surface area contributed by atoms with Crippen molar-refractivity contribution >= 4 is 0 Å². The minimum Gasteiger partial charge on any atom is -0.388 e. The molecular formula is C6H14N2O4. The van der Waals surface area contributed by atoms with Gasteiger partial charge >= 0.3 is 0 Å². The molecule has 0 bridgehead atoms. The van der Waals surface area contributed by atoms with E-state index in [1.54, 1.807) is 0 Å². The van der Waals surface area contributed by atoms with Crippen molar-refractivity contribution in [1.82, 2.24) is 0 Å². The second-order valence-electron chi connectivity index (χ2n) is 2.86. The van der Waals surface area contributed by atoms with Crippen LogP contribution in [-0.2, 0) is 4.74 Å². The van der Waals surface area contributed by atoms with Gasteiger partial charge in [0.05, 0.1) is 6.04 Å². The highest BCUT2D eigenvalue weighted by Gasteiger charge is 2.41. The fourth-order valence-corrected chi connectivity index (χ4v) is 1.16. The zero-order valence-corrected chi connectivity index (χ0v) is 6.50. The minimum absolute atomic E-state index is 0.0298. The molecule has 0 radical (unpaired) electrons. The van der Waals surface area contributed by atoms with Crippen molar-refractivity contribution in [3.05, 3.63) is 0 Å². The van der Waals surface area contributed by atoms with Crippen molar-refractivity contribution in [3.63, 3.8) is 0 Å². The molecule has 1 aliphatic rings. The van der Waals surface area contributed by atoms with Gasteiger partial charge in [0, 0.05) is 6.54 Å². The van der Waals surface area contributed by atoms with Gasteiger partial charge in [-0.3, -0.25) is 0 Å². The maximum Gasteiger partial charge on any atom is 0.172 e. The molecule has 72 valence electrons. The fraction of sp³-hybridized carbons (Fsp3) is 1.00. The predicted octanol–water partition coefficient (Wildman–Crippen LogP) is -3.29. The molecule has 0 amide bonds. The average molecular weight is 178 g/mol. The quantitative estimate of drug-likeness (QED) is 0.287. The summed E-state index contributed by atoms with van der Waals surface area (Å²) in [4.78, 5) is 0. The predicted molar refractivity (Wildman–Crippen MR) is 39.9 cm³/mol. The largest absolute Gasteiger partial charge is 0.388 e. The second-order valence-corrected chi connectivity index (χ2v) is 2.86. The average Bonchev–Trinajstić information content (AvgIpc) is 2.08. The van der Waals surface area contributed by atoms with Crippen molar-refractivity contribution in [2.24, 2.45) is 11.5 Å². The van der Waals surface area contributed by atoms with Crippen LogP contribution in [0.5, 0.6) is 0 Å². The standard InChI is InChI=1S/C6H14N2O4/c7-1-2-4(9)5(10)3(8)6(11)12-2/h2-6,9-11H,1,7-8H2/t2-,3+,4-,5-,6?/m1/s1. The fourth-order valence-electron chi connectivity index (χ4n) is 1.16. The molecule has 5 atom stereocenters. The van der Waals surface area contributed by atoms with Gasteiger partial charge < -0.3 is 31.5 Å². The lowest BCUT2D eigenvalue weighted by Gasteiger charge is -2.38. The van der Waals surface area contributed by atoms with E-state index in [-0.39, 0.29) is 6.54 Å². The number of nitrogens with two attached hydrogens (primary N) is 2. The first kappa shape index (κ1) is 9.85. The van der Waals surface area contributed by atoms with Gasteiger partial charge in [-0.05, 0) is 0 Å². The van der Waals surface area contributed by atoms with Crippen LogP contribution < -0.4 is 11.5 Å². The molecule has 0 aliphatic carbocycles. The molecule has 6 heteroatoms. The third kappa shape index (κ3) is 1.58. The molecule has 1 heterocycles. The number of hydrogen-bond donors (Lipinski definition) is 5. The van der Waals surface area contributed by atoms with Gasteiger partial charge in [-0.1, -0.05) is 0 Å². The number of aliphatic hydroxyl groups is 3. The highest BCUT2D eigenvalue weighted by Crippen LogP contribution is 2.17. The van der Waals surface area contributed by atoms with Crippen LogP contribution in [0.4, 0.5) is 0 Å². The Morgan fingerprint density at radius 1 is 1.17 bits per heavy atom. The van der Waals surface area contributed by atoms with Crippen LogP contribution >= 0.6 is 0 Å². The van der Waals surface area contributed by atoms with Crippen LogP contribution in [0.1, 0.15) is 0 Å². The smallest absolute Gasteiger partial charge is 0.172 e. The topological polar surface area (TPSA) is 122 Å². The van der Waals surface area contributed by atoms with Gasteiger partial charge in [-0.25, -0.2) is 0 Å². The summed E-state index contributed by atoms with van der Waals surface area (Å²) in [5.74, 6) is 0. The Morgan fingerprint density at radius 3 is 2.25 bits per heavy atom. The summed E-state index contributed by atoms with van der Waals surface area (Å²) in [6.07, 6.45) is -4.34. The first-order chi connectivity index (χ1) is 5.57. The van der Waals surface area contributed by atoms with Crippen LogP contribution in [0.15, 0.2) is 0 Å². The zero-order chi connectivity index (χ0) is 9.30. The summed E-state index contributed by atoms with van der Waals surface area (Å²) in [5.41, 5.74) is 10.5. The van der Waals surface area contributed by atoms with Crippen LogP contribution in [-0.4, -0.2) is 52.5 Å². The normalized spacial score (nSPS) is 49.2. The van der Waals surface area contributed by atoms with E-state index >= 15 is 0 Å². The molecule has 0 aromatic carbocycles. The second kappa shape index (κ2) is 3.65. The third-order valence-electron chi connectivity index (χ3n) is 2.00. The van der Waals surface area contributed by atoms with Gasteiger partial charge in [-0.2, -0.15) is 0 Å². The van der Waals surface area contributed by atoms with E-state index in [1.807, 2.05) is 0 Å². The molecule has 0 aromatic heterocycles. The molecular weight excluding hydrogens is 164 g/mol. The summed E-state index contributed by atoms with van der Waals surface area (Å²) < 4.78 is 4.83. The van der Waals surface area contributed by atoms with Crippen molar-refractivity contribution in [2.45, 2.75) is 30.6 Å². The SMILES string of the molecule is NC[C@H]1OC(O)[C@@H](N)[C@@H](O)[C@@H]1O. The Labute approximate surface area is 69.7 Å². The van der Waals surface area contributed by atoms with Crippen LogP contribution in [0, 0.1) is 0 Å². The molecule has 0 saturated carbocycles. The van der Waals surface area contributed by atoms with E-state index in [9.17, 15) is 10.2 Å². The Balaban J connectivity index is 2.63. The van der Waals surface area contributed by atoms with Crippen LogP contribution in [0.25, 0.3) is 0 Å². The maximum atomic E-state index is 9.28. The van der Waals surface area contributed by atoms with E-state index in [1.165, 1.54) is 0 Å². The molecule has 1 saturated heterocycles. The van der Waals surface area contributed by atoms with Crippen molar-refractivity contribution in [3.8, 4) is 0 Å². The van der Waals surface area contributed by atoms with Crippen LogP contribution in [0.3, 0.4) is 0 Å². The summed E-state index contributed by atoms with van der Waals surface area (Å²) in [5, 5.41) is 27.6. The first-order valence-electron chi connectivity index (χ1n) is 3.73. The van der Waals surface area contributed by atoms with Gasteiger partial charge in [-0.15, -0.1) is 0 Å². The Bertz CT molecular complexity index is 152. The summed E-state index contributed by atoms with van der Waals surface area (Å²) >= 11 is 0. The lowest BCUT2D eigenvalue weighted by molar-refractivity contribution is -0.238. The molecule has 0 spiro atoms. The van der Waals surface area contributed by atoms with Gasteiger partial charge in [0.15, 0.2) is 6.29 Å². The van der Waals surface area contributed by atoms with Crippen LogP contribution in [0.2, 0.25) is 0 Å². The molecule has 7 N–H and O–H groups in total. The molecule has 1 fully saturated rings. The lowest BCUT2D eigenvalue weighted by atomic mass is 9.98. The molecule has 1 rings (SSSR count). The molecule has 12 heavy (non-hydrogen) atoms. The lowest BCUT2D eigenvalue weighted by Crippen LogP contribution is -2.62. The Kier molecular flexibility index (Phi) is 2.99. The molecule has 0 aromatic rings. The molecule has 1 unspecified atom stereocenters. The van der Waals surface area contributed by atoms with Crippen molar-refractivity contribution in [1.29, 1.82) is 0 Å². The monoisotopic (exact) mass is 178 g/mol. The van der Waals surface area contributed by atoms with Gasteiger partial charge in [0.1, 0.15) is 18.3 Å². The number of hydrogen-bond acceptors (Lipinski definition) is 6. The zero-order valence-electron chi connectivity index (χ0n) is 6.50. The van der Waals surface area contributed by atoms with Crippen molar-refractivity contribution in [2.75, 3.05) is 6.54 Å². The number of ether oxygens (including phenoxy) is 1. The van der Waals surface area contributed by atoms with E-state index in [2.05, 4.69) is 0 Å². The summed E-state index contributed by atoms with van der Waals surface area (Å²) in [6.45, 7) is 0.0298. The first-order valence-corrected chi connectivity index (χ1v) is 3.73. The summed E-state index contributed by atoms with van der Waals surface area (Å²) in [6, 6.07) is -0.984. The van der Waals surface area contributed by atoms with E-state index in [0.29, 0.717) is 0 Å². The third-order valence-corrected chi connectivity index (χ3v) is 2.00. The Morgan fingerprint density at radius 2 is 1.75 bits per heavy atom. The number of rotatable bonds is 1. The molecule has 6 nitrogen and oxygen atoms in total.